The molecule has 0 fully saturated rings. The van der Waals surface area contributed by atoms with Crippen molar-refractivity contribution in [2.45, 2.75) is 6.92 Å². The summed E-state index contributed by atoms with van der Waals surface area (Å²) in [7, 11) is 1.65. The highest BCUT2D eigenvalue weighted by atomic mass is 16.4. The maximum atomic E-state index is 10.8. The van der Waals surface area contributed by atoms with Crippen molar-refractivity contribution in [2.24, 2.45) is 7.05 Å². The minimum Gasteiger partial charge on any atom is -0.476 e. The fourth-order valence-corrected chi connectivity index (χ4v) is 1.18. The number of carbonyl (C=O) groups is 1. The highest BCUT2D eigenvalue weighted by Gasteiger charge is 2.18. The third kappa shape index (κ3) is 0.897. The third-order valence-corrected chi connectivity index (χ3v) is 1.77. The lowest BCUT2D eigenvalue weighted by Gasteiger charge is -1.88. The number of aryl methyl sites for hydroxylation is 2. The summed E-state index contributed by atoms with van der Waals surface area (Å²) in [5.74, 6) is -0.625. The van der Waals surface area contributed by atoms with Gasteiger partial charge in [-0.2, -0.15) is 4.52 Å². The van der Waals surface area contributed by atoms with E-state index in [9.17, 15) is 4.79 Å². The molecule has 13 heavy (non-hydrogen) atoms. The van der Waals surface area contributed by atoms with Crippen LogP contribution in [0.3, 0.4) is 0 Å². The van der Waals surface area contributed by atoms with Gasteiger partial charge in [0.1, 0.15) is 0 Å². The monoisotopic (exact) mass is 181 g/mol. The van der Waals surface area contributed by atoms with E-state index in [0.717, 1.165) is 0 Å². The first-order chi connectivity index (χ1) is 6.11. The molecule has 0 atom stereocenters. The smallest absolute Gasteiger partial charge is 0.356 e. The van der Waals surface area contributed by atoms with E-state index >= 15 is 0 Å². The number of hydrogen-bond acceptors (Lipinski definition) is 4. The second-order valence-electron chi connectivity index (χ2n) is 2.67. The Morgan fingerprint density at radius 1 is 1.46 bits per heavy atom. The topological polar surface area (TPSA) is 85.3 Å². The summed E-state index contributed by atoms with van der Waals surface area (Å²) in [5, 5.41) is 16.1. The van der Waals surface area contributed by atoms with E-state index in [0.29, 0.717) is 11.5 Å². The van der Waals surface area contributed by atoms with Gasteiger partial charge in [0, 0.05) is 7.05 Å². The standard InChI is InChI=1S/C6H7N5O2/c1-3-4(5(12)13)11-6(7-3)10(2)8-9-11/h1-2H3,(H,12,13). The van der Waals surface area contributed by atoms with Gasteiger partial charge in [0.05, 0.1) is 5.69 Å². The fourth-order valence-electron chi connectivity index (χ4n) is 1.18. The van der Waals surface area contributed by atoms with Gasteiger partial charge in [0.2, 0.25) is 0 Å². The Morgan fingerprint density at radius 2 is 2.15 bits per heavy atom. The number of carboxylic acids is 1. The van der Waals surface area contributed by atoms with Crippen molar-refractivity contribution < 1.29 is 9.90 Å². The molecule has 0 amide bonds. The molecular weight excluding hydrogens is 174 g/mol. The largest absolute Gasteiger partial charge is 0.476 e. The van der Waals surface area contributed by atoms with Crippen molar-refractivity contribution in [3.8, 4) is 0 Å². The molecule has 7 heteroatoms. The Hall–Kier alpha value is -1.92. The van der Waals surface area contributed by atoms with E-state index in [-0.39, 0.29) is 5.69 Å². The van der Waals surface area contributed by atoms with Gasteiger partial charge in [0.25, 0.3) is 5.78 Å². The lowest BCUT2D eigenvalue weighted by molar-refractivity contribution is 0.0687. The minimum absolute atomic E-state index is 0.0584. The third-order valence-electron chi connectivity index (χ3n) is 1.77. The summed E-state index contributed by atoms with van der Waals surface area (Å²) in [6, 6.07) is 0. The van der Waals surface area contributed by atoms with Gasteiger partial charge in [0.15, 0.2) is 5.69 Å². The number of imidazole rings is 1. The lowest BCUT2D eigenvalue weighted by atomic mass is 10.3. The molecule has 0 aliphatic carbocycles. The fraction of sp³-hybridized carbons (Fsp3) is 0.333. The number of carboxylic acid groups (broad SMARTS) is 1. The first-order valence-corrected chi connectivity index (χ1v) is 3.59. The van der Waals surface area contributed by atoms with E-state index in [1.165, 1.54) is 9.20 Å². The van der Waals surface area contributed by atoms with Crippen molar-refractivity contribution in [1.29, 1.82) is 0 Å². The van der Waals surface area contributed by atoms with Crippen molar-refractivity contribution in [1.82, 2.24) is 24.6 Å². The molecule has 0 saturated carbocycles. The molecule has 0 bridgehead atoms. The van der Waals surface area contributed by atoms with Gasteiger partial charge >= 0.3 is 5.97 Å². The SMILES string of the molecule is Cc1nc2n(C)nnn2c1C(=O)O. The van der Waals surface area contributed by atoms with Crippen LogP contribution in [0.2, 0.25) is 0 Å². The van der Waals surface area contributed by atoms with Gasteiger partial charge in [-0.1, -0.05) is 0 Å². The van der Waals surface area contributed by atoms with E-state index in [2.05, 4.69) is 15.4 Å². The van der Waals surface area contributed by atoms with Crippen LogP contribution in [0, 0.1) is 6.92 Å². The quantitative estimate of drug-likeness (QED) is 0.639. The zero-order chi connectivity index (χ0) is 9.59. The highest BCUT2D eigenvalue weighted by molar-refractivity contribution is 5.87. The molecule has 2 aromatic heterocycles. The zero-order valence-corrected chi connectivity index (χ0v) is 7.09. The van der Waals surface area contributed by atoms with Crippen molar-refractivity contribution >= 4 is 11.7 Å². The number of aromatic carboxylic acids is 1. The summed E-state index contributed by atoms with van der Waals surface area (Å²) >= 11 is 0. The second-order valence-corrected chi connectivity index (χ2v) is 2.67. The predicted molar refractivity (Wildman–Crippen MR) is 41.4 cm³/mol. The number of nitrogens with zero attached hydrogens (tertiary/aromatic N) is 5. The number of tetrazole rings is 1. The average molecular weight is 181 g/mol. The molecule has 0 radical (unpaired) electrons. The van der Waals surface area contributed by atoms with Crippen LogP contribution in [0.5, 0.6) is 0 Å². The van der Waals surface area contributed by atoms with E-state index in [4.69, 9.17) is 5.11 Å². The summed E-state index contributed by atoms with van der Waals surface area (Å²) in [6.45, 7) is 1.62. The first kappa shape index (κ1) is 7.71. The number of fused-ring (bicyclic) bond motifs is 1. The van der Waals surface area contributed by atoms with Gasteiger partial charge in [-0.15, -0.1) is 0 Å². The average Bonchev–Trinajstić information content (AvgIpc) is 2.51. The molecule has 0 saturated heterocycles. The lowest BCUT2D eigenvalue weighted by Crippen LogP contribution is -2.04. The number of hydrogen-bond donors (Lipinski definition) is 1. The predicted octanol–water partition coefficient (Wildman–Crippen LogP) is -0.531. The Labute approximate surface area is 72.6 Å². The van der Waals surface area contributed by atoms with Crippen LogP contribution in [0.4, 0.5) is 0 Å². The molecule has 0 aliphatic rings. The first-order valence-electron chi connectivity index (χ1n) is 3.59. The van der Waals surface area contributed by atoms with E-state index in [1.54, 1.807) is 14.0 Å². The molecule has 2 aromatic rings. The van der Waals surface area contributed by atoms with Gasteiger partial charge in [-0.3, -0.25) is 0 Å². The molecular formula is C6H7N5O2. The van der Waals surface area contributed by atoms with E-state index < -0.39 is 5.97 Å². The van der Waals surface area contributed by atoms with Gasteiger partial charge < -0.3 is 5.11 Å². The van der Waals surface area contributed by atoms with Gasteiger partial charge in [-0.25, -0.2) is 14.5 Å². The van der Waals surface area contributed by atoms with Crippen LogP contribution in [0.1, 0.15) is 16.2 Å². The Balaban J connectivity index is 2.86. The molecule has 2 rings (SSSR count). The van der Waals surface area contributed by atoms with Crippen molar-refractivity contribution in [2.75, 3.05) is 0 Å². The van der Waals surface area contributed by atoms with Crippen LogP contribution in [-0.4, -0.2) is 35.7 Å². The molecule has 0 unspecified atom stereocenters. The molecule has 68 valence electrons. The molecule has 1 N–H and O–H groups in total. The summed E-state index contributed by atoms with van der Waals surface area (Å²) in [4.78, 5) is 14.8. The highest BCUT2D eigenvalue weighted by Crippen LogP contribution is 2.08. The Bertz CT molecular complexity index is 482. The normalized spacial score (nSPS) is 10.9. The number of rotatable bonds is 1. The molecule has 0 spiro atoms. The van der Waals surface area contributed by atoms with Crippen LogP contribution >= 0.6 is 0 Å². The van der Waals surface area contributed by atoms with E-state index in [1.807, 2.05) is 0 Å². The number of aromatic nitrogens is 5. The van der Waals surface area contributed by atoms with Crippen molar-refractivity contribution in [3.05, 3.63) is 11.4 Å². The second kappa shape index (κ2) is 2.28. The molecule has 7 nitrogen and oxygen atoms in total. The maximum absolute atomic E-state index is 10.8. The molecule has 2 heterocycles. The summed E-state index contributed by atoms with van der Waals surface area (Å²) in [5.41, 5.74) is 0.496. The Morgan fingerprint density at radius 3 is 2.77 bits per heavy atom. The summed E-state index contributed by atoms with van der Waals surface area (Å²) in [6.07, 6.45) is 0. The minimum atomic E-state index is -1.05. The molecule has 0 aromatic carbocycles. The van der Waals surface area contributed by atoms with Crippen LogP contribution in [-0.2, 0) is 7.05 Å². The van der Waals surface area contributed by atoms with Crippen LogP contribution in [0.15, 0.2) is 0 Å². The van der Waals surface area contributed by atoms with Crippen molar-refractivity contribution in [3.63, 3.8) is 0 Å². The van der Waals surface area contributed by atoms with Crippen LogP contribution in [0.25, 0.3) is 5.78 Å². The summed E-state index contributed by atoms with van der Waals surface area (Å²) < 4.78 is 2.62. The maximum Gasteiger partial charge on any atom is 0.356 e. The Kier molecular flexibility index (Phi) is 1.35. The van der Waals surface area contributed by atoms with Crippen LogP contribution < -0.4 is 0 Å². The zero-order valence-electron chi connectivity index (χ0n) is 7.09. The molecule has 0 aliphatic heterocycles. The van der Waals surface area contributed by atoms with Gasteiger partial charge in [-0.05, 0) is 17.4 Å².